The van der Waals surface area contributed by atoms with Crippen LogP contribution in [0.3, 0.4) is 0 Å². The van der Waals surface area contributed by atoms with Crippen LogP contribution in [-0.2, 0) is 4.79 Å². The second-order valence-electron chi connectivity index (χ2n) is 14.6. The van der Waals surface area contributed by atoms with Crippen LogP contribution in [0.15, 0.2) is 0 Å². The van der Waals surface area contributed by atoms with Gasteiger partial charge in [0.1, 0.15) is 0 Å². The Labute approximate surface area is 287 Å². The van der Waals surface area contributed by atoms with Crippen molar-refractivity contribution in [2.75, 3.05) is 6.61 Å². The summed E-state index contributed by atoms with van der Waals surface area (Å²) in [4.78, 5) is 12.4. The lowest BCUT2D eigenvalue weighted by atomic mass is 10.0. The summed E-state index contributed by atoms with van der Waals surface area (Å²) in [7, 11) is 0. The third-order valence-electron chi connectivity index (χ3n) is 9.92. The first-order valence-corrected chi connectivity index (χ1v) is 20.8. The highest BCUT2D eigenvalue weighted by Gasteiger charge is 2.21. The molecule has 46 heavy (non-hydrogen) atoms. The Morgan fingerprint density at radius 2 is 0.739 bits per heavy atom. The molecule has 3 atom stereocenters. The molecule has 0 aromatic rings. The number of carbonyl (C=O) groups excluding carboxylic acids is 1. The van der Waals surface area contributed by atoms with Crippen molar-refractivity contribution in [3.63, 3.8) is 0 Å². The molecule has 0 spiro atoms. The third kappa shape index (κ3) is 33.3. The Morgan fingerprint density at radius 1 is 0.457 bits per heavy atom. The van der Waals surface area contributed by atoms with Crippen LogP contribution in [0, 0.1) is 0 Å². The molecule has 0 aromatic carbocycles. The molecule has 276 valence electrons. The van der Waals surface area contributed by atoms with E-state index in [1.54, 1.807) is 0 Å². The van der Waals surface area contributed by atoms with Crippen molar-refractivity contribution < 1.29 is 20.1 Å². The number of aliphatic hydroxyl groups is 3. The fourth-order valence-corrected chi connectivity index (χ4v) is 6.70. The number of rotatable bonds is 38. The van der Waals surface area contributed by atoms with Gasteiger partial charge < -0.3 is 20.6 Å². The van der Waals surface area contributed by atoms with Crippen molar-refractivity contribution in [2.24, 2.45) is 0 Å². The Hall–Kier alpha value is -0.650. The first-order chi connectivity index (χ1) is 22.5. The van der Waals surface area contributed by atoms with E-state index in [0.717, 1.165) is 25.7 Å². The second kappa shape index (κ2) is 37.2. The quantitative estimate of drug-likeness (QED) is 0.0499. The second-order valence-corrected chi connectivity index (χ2v) is 14.6. The van der Waals surface area contributed by atoms with Crippen molar-refractivity contribution >= 4 is 5.91 Å². The molecule has 3 unspecified atom stereocenters. The van der Waals surface area contributed by atoms with Gasteiger partial charge in [-0.25, -0.2) is 0 Å². The maximum atomic E-state index is 12.4. The highest BCUT2D eigenvalue weighted by molar-refractivity contribution is 5.76. The summed E-state index contributed by atoms with van der Waals surface area (Å²) >= 11 is 0. The van der Waals surface area contributed by atoms with E-state index in [1.165, 1.54) is 173 Å². The maximum Gasteiger partial charge on any atom is 0.222 e. The summed E-state index contributed by atoms with van der Waals surface area (Å²) in [6.07, 6.45) is 40.6. The SMILES string of the molecule is CCCCCCCCCCCCCCCCCCCCC(O)C(CO)NC(=O)CC(O)CCCCCCCCCCCCCCC. The molecule has 0 bridgehead atoms. The summed E-state index contributed by atoms with van der Waals surface area (Å²) in [6.45, 7) is 4.27. The molecule has 1 amide bonds. The number of amides is 1. The van der Waals surface area contributed by atoms with Gasteiger partial charge in [-0.05, 0) is 12.8 Å². The molecule has 5 heteroatoms. The lowest BCUT2D eigenvalue weighted by molar-refractivity contribution is -0.125. The van der Waals surface area contributed by atoms with E-state index in [-0.39, 0.29) is 18.9 Å². The average Bonchev–Trinajstić information content (AvgIpc) is 3.05. The Kier molecular flexibility index (Phi) is 36.6. The van der Waals surface area contributed by atoms with Crippen molar-refractivity contribution in [3.05, 3.63) is 0 Å². The van der Waals surface area contributed by atoms with Gasteiger partial charge >= 0.3 is 0 Å². The lowest BCUT2D eigenvalue weighted by Crippen LogP contribution is -2.46. The first kappa shape index (κ1) is 45.3. The van der Waals surface area contributed by atoms with Crippen LogP contribution in [-0.4, -0.2) is 46.1 Å². The number of aliphatic hydroxyl groups excluding tert-OH is 3. The Balaban J connectivity index is 3.60. The van der Waals surface area contributed by atoms with Crippen LogP contribution in [0.2, 0.25) is 0 Å². The van der Waals surface area contributed by atoms with E-state index in [2.05, 4.69) is 19.2 Å². The molecule has 0 rings (SSSR count). The van der Waals surface area contributed by atoms with E-state index in [1.807, 2.05) is 0 Å². The van der Waals surface area contributed by atoms with Crippen LogP contribution in [0.5, 0.6) is 0 Å². The smallest absolute Gasteiger partial charge is 0.222 e. The molecule has 0 aliphatic rings. The Morgan fingerprint density at radius 3 is 1.04 bits per heavy atom. The molecule has 0 radical (unpaired) electrons. The summed E-state index contributed by atoms with van der Waals surface area (Å²) in [5, 5.41) is 33.3. The minimum absolute atomic E-state index is 0.0423. The van der Waals surface area contributed by atoms with Crippen LogP contribution in [0.1, 0.15) is 232 Å². The number of unbranched alkanes of at least 4 members (excludes halogenated alkanes) is 29. The largest absolute Gasteiger partial charge is 0.394 e. The van der Waals surface area contributed by atoms with Gasteiger partial charge in [-0.15, -0.1) is 0 Å². The third-order valence-corrected chi connectivity index (χ3v) is 9.92. The van der Waals surface area contributed by atoms with E-state index in [0.29, 0.717) is 12.8 Å². The number of hydrogen-bond donors (Lipinski definition) is 4. The molecule has 0 saturated carbocycles. The predicted molar refractivity (Wildman–Crippen MR) is 199 cm³/mol. The topological polar surface area (TPSA) is 89.8 Å². The minimum atomic E-state index is -0.742. The molecule has 0 saturated heterocycles. The molecular weight excluding hydrogens is 570 g/mol. The lowest BCUT2D eigenvalue weighted by Gasteiger charge is -2.23. The van der Waals surface area contributed by atoms with Crippen LogP contribution >= 0.6 is 0 Å². The summed E-state index contributed by atoms with van der Waals surface area (Å²) in [6, 6.07) is -0.651. The fraction of sp³-hybridized carbons (Fsp3) is 0.976. The molecule has 0 aliphatic carbocycles. The van der Waals surface area contributed by atoms with Crippen molar-refractivity contribution in [3.8, 4) is 0 Å². The van der Waals surface area contributed by atoms with Crippen LogP contribution in [0.4, 0.5) is 0 Å². The van der Waals surface area contributed by atoms with Gasteiger partial charge in [0.2, 0.25) is 5.91 Å². The zero-order valence-electron chi connectivity index (χ0n) is 31.2. The molecule has 4 N–H and O–H groups in total. The number of nitrogens with one attached hydrogen (secondary N) is 1. The molecular formula is C41H83NO4. The van der Waals surface area contributed by atoms with Gasteiger partial charge in [0, 0.05) is 0 Å². The average molecular weight is 654 g/mol. The van der Waals surface area contributed by atoms with Gasteiger partial charge in [0.05, 0.1) is 31.3 Å². The fourth-order valence-electron chi connectivity index (χ4n) is 6.70. The van der Waals surface area contributed by atoms with Crippen molar-refractivity contribution in [2.45, 2.75) is 250 Å². The molecule has 5 nitrogen and oxygen atoms in total. The minimum Gasteiger partial charge on any atom is -0.394 e. The summed E-state index contributed by atoms with van der Waals surface area (Å²) < 4.78 is 0. The van der Waals surface area contributed by atoms with E-state index < -0.39 is 18.2 Å². The van der Waals surface area contributed by atoms with Crippen molar-refractivity contribution in [1.82, 2.24) is 5.32 Å². The Bertz CT molecular complexity index is 601. The van der Waals surface area contributed by atoms with Crippen molar-refractivity contribution in [1.29, 1.82) is 0 Å². The van der Waals surface area contributed by atoms with E-state index in [9.17, 15) is 20.1 Å². The molecule has 0 fully saturated rings. The maximum absolute atomic E-state index is 12.4. The van der Waals surface area contributed by atoms with Gasteiger partial charge in [0.15, 0.2) is 0 Å². The highest BCUT2D eigenvalue weighted by Crippen LogP contribution is 2.17. The van der Waals surface area contributed by atoms with Gasteiger partial charge in [-0.1, -0.05) is 213 Å². The van der Waals surface area contributed by atoms with E-state index >= 15 is 0 Å². The summed E-state index contributed by atoms with van der Waals surface area (Å²) in [5.41, 5.74) is 0. The van der Waals surface area contributed by atoms with E-state index in [4.69, 9.17) is 0 Å². The zero-order valence-corrected chi connectivity index (χ0v) is 31.2. The standard InChI is InChI=1S/C41H83NO4/c1-3-5-7-9-11-13-15-17-18-19-20-21-23-25-27-29-31-33-35-40(45)39(37-43)42-41(46)36-38(44)34-32-30-28-26-24-22-16-14-12-10-8-6-4-2/h38-40,43-45H,3-37H2,1-2H3,(H,42,46). The predicted octanol–water partition coefficient (Wildman–Crippen LogP) is 11.5. The molecule has 0 aliphatic heterocycles. The highest BCUT2D eigenvalue weighted by atomic mass is 16.3. The first-order valence-electron chi connectivity index (χ1n) is 20.8. The summed E-state index contributed by atoms with van der Waals surface area (Å²) in [5.74, 6) is -0.280. The molecule has 0 heterocycles. The van der Waals surface area contributed by atoms with Crippen LogP contribution < -0.4 is 5.32 Å². The van der Waals surface area contributed by atoms with Gasteiger partial charge in [-0.3, -0.25) is 4.79 Å². The van der Waals surface area contributed by atoms with Crippen LogP contribution in [0.25, 0.3) is 0 Å². The monoisotopic (exact) mass is 654 g/mol. The van der Waals surface area contributed by atoms with Gasteiger partial charge in [-0.2, -0.15) is 0 Å². The normalized spacial score (nSPS) is 13.6. The van der Waals surface area contributed by atoms with Gasteiger partial charge in [0.25, 0.3) is 0 Å². The number of carbonyl (C=O) groups is 1. The molecule has 0 aromatic heterocycles. The zero-order chi connectivity index (χ0) is 33.8. The number of hydrogen-bond acceptors (Lipinski definition) is 4.